The predicted octanol–water partition coefficient (Wildman–Crippen LogP) is 2.24. The SMILES string of the molecule is O=C(O)CC(c1ccc(CO)c(O)c1)C1CCC1. The zero-order valence-corrected chi connectivity index (χ0v) is 10.2. The molecule has 1 fully saturated rings. The number of benzene rings is 1. The molecule has 1 saturated carbocycles. The molecule has 3 N–H and O–H groups in total. The van der Waals surface area contributed by atoms with Crippen LogP contribution in [-0.2, 0) is 11.4 Å². The summed E-state index contributed by atoms with van der Waals surface area (Å²) in [6, 6.07) is 5.08. The molecule has 0 aliphatic heterocycles. The molecule has 0 amide bonds. The van der Waals surface area contributed by atoms with Gasteiger partial charge in [-0.15, -0.1) is 0 Å². The number of aromatic hydroxyl groups is 1. The van der Waals surface area contributed by atoms with Crippen LogP contribution in [0.2, 0.25) is 0 Å². The van der Waals surface area contributed by atoms with Crippen LogP contribution in [0.25, 0.3) is 0 Å². The van der Waals surface area contributed by atoms with Crippen molar-refractivity contribution in [3.63, 3.8) is 0 Å². The summed E-state index contributed by atoms with van der Waals surface area (Å²) in [4.78, 5) is 10.9. The topological polar surface area (TPSA) is 77.8 Å². The molecule has 98 valence electrons. The van der Waals surface area contributed by atoms with Crippen LogP contribution in [0.4, 0.5) is 0 Å². The summed E-state index contributed by atoms with van der Waals surface area (Å²) >= 11 is 0. The van der Waals surface area contributed by atoms with Gasteiger partial charge in [0.15, 0.2) is 0 Å². The summed E-state index contributed by atoms with van der Waals surface area (Å²) in [7, 11) is 0. The standard InChI is InChI=1S/C14H18O4/c15-8-11-5-4-10(6-13(11)16)12(7-14(17)18)9-2-1-3-9/h4-6,9,12,15-16H,1-3,7-8H2,(H,17,18). The highest BCUT2D eigenvalue weighted by Crippen LogP contribution is 2.42. The number of carboxylic acid groups (broad SMARTS) is 1. The summed E-state index contributed by atoms with van der Waals surface area (Å²) in [5, 5.41) is 27.7. The molecule has 1 aromatic carbocycles. The van der Waals surface area contributed by atoms with E-state index in [1.807, 2.05) is 6.07 Å². The molecule has 1 aliphatic rings. The summed E-state index contributed by atoms with van der Waals surface area (Å²) in [6.07, 6.45) is 3.37. The molecule has 0 spiro atoms. The minimum absolute atomic E-state index is 0.0325. The molecule has 0 bridgehead atoms. The smallest absolute Gasteiger partial charge is 0.303 e. The van der Waals surface area contributed by atoms with Gasteiger partial charge in [0.1, 0.15) is 5.75 Å². The first-order valence-corrected chi connectivity index (χ1v) is 6.26. The van der Waals surface area contributed by atoms with E-state index in [1.165, 1.54) is 0 Å². The second-order valence-corrected chi connectivity index (χ2v) is 4.94. The van der Waals surface area contributed by atoms with E-state index in [4.69, 9.17) is 10.2 Å². The van der Waals surface area contributed by atoms with Crippen LogP contribution in [0.1, 0.15) is 42.7 Å². The number of rotatable bonds is 5. The fraction of sp³-hybridized carbons (Fsp3) is 0.500. The van der Waals surface area contributed by atoms with Crippen molar-refractivity contribution in [1.29, 1.82) is 0 Å². The maximum absolute atomic E-state index is 10.9. The van der Waals surface area contributed by atoms with Crippen molar-refractivity contribution in [2.45, 2.75) is 38.2 Å². The zero-order valence-electron chi connectivity index (χ0n) is 10.2. The Hall–Kier alpha value is -1.55. The van der Waals surface area contributed by atoms with Crippen LogP contribution in [0.5, 0.6) is 5.75 Å². The van der Waals surface area contributed by atoms with Crippen LogP contribution >= 0.6 is 0 Å². The van der Waals surface area contributed by atoms with Gasteiger partial charge in [0.2, 0.25) is 0 Å². The lowest BCUT2D eigenvalue weighted by Gasteiger charge is -2.33. The van der Waals surface area contributed by atoms with E-state index >= 15 is 0 Å². The lowest BCUT2D eigenvalue weighted by molar-refractivity contribution is -0.138. The molecular formula is C14H18O4. The molecule has 4 heteroatoms. The highest BCUT2D eigenvalue weighted by atomic mass is 16.4. The Morgan fingerprint density at radius 2 is 2.11 bits per heavy atom. The number of aliphatic carboxylic acids is 1. The van der Waals surface area contributed by atoms with E-state index in [1.54, 1.807) is 12.1 Å². The molecule has 1 unspecified atom stereocenters. The molecule has 1 aliphatic carbocycles. The summed E-state index contributed by atoms with van der Waals surface area (Å²) < 4.78 is 0. The van der Waals surface area contributed by atoms with E-state index in [0.29, 0.717) is 11.5 Å². The molecule has 1 atom stereocenters. The van der Waals surface area contributed by atoms with Crippen molar-refractivity contribution in [2.75, 3.05) is 0 Å². The van der Waals surface area contributed by atoms with Crippen LogP contribution in [0, 0.1) is 5.92 Å². The lowest BCUT2D eigenvalue weighted by atomic mass is 9.71. The molecule has 0 radical (unpaired) electrons. The monoisotopic (exact) mass is 250 g/mol. The predicted molar refractivity (Wildman–Crippen MR) is 66.4 cm³/mol. The first kappa shape index (κ1) is 12.9. The third-order valence-corrected chi connectivity index (χ3v) is 3.82. The van der Waals surface area contributed by atoms with E-state index in [-0.39, 0.29) is 24.7 Å². The number of hydrogen-bond acceptors (Lipinski definition) is 3. The molecule has 0 aromatic heterocycles. The average Bonchev–Trinajstić information content (AvgIpc) is 2.25. The molecule has 0 saturated heterocycles. The van der Waals surface area contributed by atoms with Gasteiger partial charge in [-0.05, 0) is 36.3 Å². The van der Waals surface area contributed by atoms with Gasteiger partial charge in [0.25, 0.3) is 0 Å². The van der Waals surface area contributed by atoms with Crippen LogP contribution in [0.15, 0.2) is 18.2 Å². The number of carboxylic acids is 1. The van der Waals surface area contributed by atoms with Crippen molar-refractivity contribution in [3.8, 4) is 5.75 Å². The highest BCUT2D eigenvalue weighted by Gasteiger charge is 2.30. The van der Waals surface area contributed by atoms with E-state index in [0.717, 1.165) is 24.8 Å². The van der Waals surface area contributed by atoms with E-state index in [9.17, 15) is 9.90 Å². The van der Waals surface area contributed by atoms with Gasteiger partial charge in [-0.1, -0.05) is 18.6 Å². The summed E-state index contributed by atoms with van der Waals surface area (Å²) in [5.74, 6) is -0.391. The Balaban J connectivity index is 2.23. The van der Waals surface area contributed by atoms with Crippen molar-refractivity contribution >= 4 is 5.97 Å². The molecule has 0 heterocycles. The van der Waals surface area contributed by atoms with Crippen molar-refractivity contribution in [1.82, 2.24) is 0 Å². The molecule has 1 aromatic rings. The maximum Gasteiger partial charge on any atom is 0.303 e. The summed E-state index contributed by atoms with van der Waals surface area (Å²) in [6.45, 7) is -0.209. The number of aliphatic hydroxyl groups excluding tert-OH is 1. The third-order valence-electron chi connectivity index (χ3n) is 3.82. The first-order valence-electron chi connectivity index (χ1n) is 6.26. The maximum atomic E-state index is 10.9. The average molecular weight is 250 g/mol. The second kappa shape index (κ2) is 5.40. The van der Waals surface area contributed by atoms with Gasteiger partial charge in [-0.25, -0.2) is 0 Å². The Labute approximate surface area is 106 Å². The van der Waals surface area contributed by atoms with Crippen LogP contribution in [0.3, 0.4) is 0 Å². The molecular weight excluding hydrogens is 232 g/mol. The minimum Gasteiger partial charge on any atom is -0.508 e. The number of carbonyl (C=O) groups is 1. The fourth-order valence-corrected chi connectivity index (χ4v) is 2.53. The quantitative estimate of drug-likeness (QED) is 0.749. The van der Waals surface area contributed by atoms with Gasteiger partial charge >= 0.3 is 5.97 Å². The molecule has 4 nitrogen and oxygen atoms in total. The Morgan fingerprint density at radius 1 is 1.39 bits per heavy atom. The van der Waals surface area contributed by atoms with Gasteiger partial charge in [0, 0.05) is 5.56 Å². The zero-order chi connectivity index (χ0) is 13.1. The van der Waals surface area contributed by atoms with Gasteiger partial charge in [-0.3, -0.25) is 4.79 Å². The number of phenols is 1. The van der Waals surface area contributed by atoms with E-state index < -0.39 is 5.97 Å². The number of hydrogen-bond donors (Lipinski definition) is 3. The van der Waals surface area contributed by atoms with Gasteiger partial charge in [-0.2, -0.15) is 0 Å². The highest BCUT2D eigenvalue weighted by molar-refractivity contribution is 5.68. The molecule has 18 heavy (non-hydrogen) atoms. The minimum atomic E-state index is -0.808. The van der Waals surface area contributed by atoms with Gasteiger partial charge < -0.3 is 15.3 Å². The van der Waals surface area contributed by atoms with Gasteiger partial charge in [0.05, 0.1) is 13.0 Å². The first-order chi connectivity index (χ1) is 8.61. The lowest BCUT2D eigenvalue weighted by Crippen LogP contribution is -2.22. The Kier molecular flexibility index (Phi) is 3.87. The number of aliphatic hydroxyl groups is 1. The Morgan fingerprint density at radius 3 is 2.56 bits per heavy atom. The van der Waals surface area contributed by atoms with Crippen LogP contribution < -0.4 is 0 Å². The Bertz CT molecular complexity index is 437. The van der Waals surface area contributed by atoms with Crippen LogP contribution in [-0.4, -0.2) is 21.3 Å². The normalized spacial score (nSPS) is 17.2. The third kappa shape index (κ3) is 2.64. The van der Waals surface area contributed by atoms with Crippen molar-refractivity contribution in [2.24, 2.45) is 5.92 Å². The van der Waals surface area contributed by atoms with E-state index in [2.05, 4.69) is 0 Å². The largest absolute Gasteiger partial charge is 0.508 e. The second-order valence-electron chi connectivity index (χ2n) is 4.94. The fourth-order valence-electron chi connectivity index (χ4n) is 2.53. The van der Waals surface area contributed by atoms with Crippen molar-refractivity contribution < 1.29 is 20.1 Å². The summed E-state index contributed by atoms with van der Waals surface area (Å²) in [5.41, 5.74) is 1.33. The molecule has 2 rings (SSSR count). The van der Waals surface area contributed by atoms with Crippen molar-refractivity contribution in [3.05, 3.63) is 29.3 Å².